The van der Waals surface area contributed by atoms with Gasteiger partial charge < -0.3 is 4.74 Å². The van der Waals surface area contributed by atoms with E-state index in [2.05, 4.69) is 6.92 Å². The van der Waals surface area contributed by atoms with Gasteiger partial charge in [0.15, 0.2) is 5.78 Å². The average Bonchev–Trinajstić information content (AvgIpc) is 2.48. The van der Waals surface area contributed by atoms with Crippen LogP contribution in [0.1, 0.15) is 34.8 Å². The molecule has 0 spiro atoms. The molecule has 0 amide bonds. The molecule has 0 bridgehead atoms. The Morgan fingerprint density at radius 1 is 0.947 bits per heavy atom. The quantitative estimate of drug-likeness (QED) is 0.757. The molecule has 0 heterocycles. The van der Waals surface area contributed by atoms with Crippen LogP contribution in [0.25, 0.3) is 0 Å². The van der Waals surface area contributed by atoms with Crippen molar-refractivity contribution in [1.29, 1.82) is 0 Å². The minimum Gasteiger partial charge on any atom is -0.497 e. The molecule has 0 fully saturated rings. The van der Waals surface area contributed by atoms with Crippen molar-refractivity contribution >= 4 is 5.78 Å². The van der Waals surface area contributed by atoms with E-state index in [9.17, 15) is 4.79 Å². The first kappa shape index (κ1) is 13.3. The standard InChI is InChI=1S/C17H18O2/c1-3-4-13-5-7-14(8-6-13)17(18)15-9-11-16(19-2)12-10-15/h5-12H,3-4H2,1-2H3. The first-order valence-corrected chi connectivity index (χ1v) is 6.52. The van der Waals surface area contributed by atoms with Crippen LogP contribution in [0.15, 0.2) is 48.5 Å². The largest absolute Gasteiger partial charge is 0.497 e. The zero-order valence-corrected chi connectivity index (χ0v) is 11.3. The molecular formula is C17H18O2. The highest BCUT2D eigenvalue weighted by Gasteiger charge is 2.08. The Labute approximate surface area is 114 Å². The number of hydrogen-bond donors (Lipinski definition) is 0. The van der Waals surface area contributed by atoms with Gasteiger partial charge in [-0.15, -0.1) is 0 Å². The highest BCUT2D eigenvalue weighted by atomic mass is 16.5. The molecule has 19 heavy (non-hydrogen) atoms. The van der Waals surface area contributed by atoms with E-state index in [4.69, 9.17) is 4.74 Å². The molecule has 2 rings (SSSR count). The van der Waals surface area contributed by atoms with Gasteiger partial charge in [-0.25, -0.2) is 0 Å². The molecule has 2 heteroatoms. The van der Waals surface area contributed by atoms with Crippen LogP contribution in [0, 0.1) is 0 Å². The Bertz CT molecular complexity index is 538. The molecule has 0 aliphatic carbocycles. The van der Waals surface area contributed by atoms with Crippen LogP contribution in [-0.2, 0) is 6.42 Å². The van der Waals surface area contributed by atoms with Crippen molar-refractivity contribution in [1.82, 2.24) is 0 Å². The fourth-order valence-corrected chi connectivity index (χ4v) is 2.02. The second-order valence-electron chi connectivity index (χ2n) is 4.50. The van der Waals surface area contributed by atoms with Crippen molar-refractivity contribution < 1.29 is 9.53 Å². The third kappa shape index (κ3) is 3.22. The summed E-state index contributed by atoms with van der Waals surface area (Å²) in [5.74, 6) is 0.806. The van der Waals surface area contributed by atoms with Gasteiger partial charge in [0, 0.05) is 11.1 Å². The smallest absolute Gasteiger partial charge is 0.193 e. The molecule has 0 aromatic heterocycles. The van der Waals surface area contributed by atoms with E-state index in [0.29, 0.717) is 5.56 Å². The van der Waals surface area contributed by atoms with Crippen LogP contribution in [0.4, 0.5) is 0 Å². The molecular weight excluding hydrogens is 236 g/mol. The van der Waals surface area contributed by atoms with Crippen molar-refractivity contribution in [2.75, 3.05) is 7.11 Å². The lowest BCUT2D eigenvalue weighted by Gasteiger charge is -2.04. The van der Waals surface area contributed by atoms with Crippen molar-refractivity contribution in [3.05, 3.63) is 65.2 Å². The molecule has 2 aromatic carbocycles. The van der Waals surface area contributed by atoms with E-state index >= 15 is 0 Å². The number of ketones is 1. The Morgan fingerprint density at radius 3 is 1.95 bits per heavy atom. The van der Waals surface area contributed by atoms with Gasteiger partial charge in [-0.3, -0.25) is 4.79 Å². The summed E-state index contributed by atoms with van der Waals surface area (Å²) in [6.07, 6.45) is 2.17. The lowest BCUT2D eigenvalue weighted by atomic mass is 10.0. The summed E-state index contributed by atoms with van der Waals surface area (Å²) >= 11 is 0. The molecule has 0 unspecified atom stereocenters. The van der Waals surface area contributed by atoms with Crippen LogP contribution in [0.2, 0.25) is 0 Å². The highest BCUT2D eigenvalue weighted by molar-refractivity contribution is 6.09. The van der Waals surface area contributed by atoms with E-state index in [0.717, 1.165) is 24.2 Å². The van der Waals surface area contributed by atoms with Gasteiger partial charge in [0.1, 0.15) is 5.75 Å². The molecule has 0 atom stereocenters. The normalized spacial score (nSPS) is 10.2. The van der Waals surface area contributed by atoms with Gasteiger partial charge >= 0.3 is 0 Å². The Hall–Kier alpha value is -2.09. The maximum atomic E-state index is 12.3. The monoisotopic (exact) mass is 254 g/mol. The fourth-order valence-electron chi connectivity index (χ4n) is 2.02. The molecule has 0 aliphatic rings. The third-order valence-electron chi connectivity index (χ3n) is 3.11. The Morgan fingerprint density at radius 2 is 1.47 bits per heavy atom. The summed E-state index contributed by atoms with van der Waals surface area (Å²) in [7, 11) is 1.61. The van der Waals surface area contributed by atoms with Crippen molar-refractivity contribution in [3.8, 4) is 5.75 Å². The topological polar surface area (TPSA) is 26.3 Å². The highest BCUT2D eigenvalue weighted by Crippen LogP contribution is 2.16. The van der Waals surface area contributed by atoms with Crippen LogP contribution in [0.3, 0.4) is 0 Å². The molecule has 98 valence electrons. The van der Waals surface area contributed by atoms with E-state index in [1.165, 1.54) is 5.56 Å². The van der Waals surface area contributed by atoms with Gasteiger partial charge in [-0.2, -0.15) is 0 Å². The van der Waals surface area contributed by atoms with Crippen molar-refractivity contribution in [2.45, 2.75) is 19.8 Å². The second-order valence-corrected chi connectivity index (χ2v) is 4.50. The molecule has 0 saturated carbocycles. The van der Waals surface area contributed by atoms with Crippen LogP contribution >= 0.6 is 0 Å². The summed E-state index contributed by atoms with van der Waals surface area (Å²) in [6, 6.07) is 15.1. The first-order valence-electron chi connectivity index (χ1n) is 6.52. The molecule has 0 aliphatic heterocycles. The van der Waals surface area contributed by atoms with E-state index in [1.807, 2.05) is 24.3 Å². The SMILES string of the molecule is CCCc1ccc(C(=O)c2ccc(OC)cc2)cc1. The van der Waals surface area contributed by atoms with E-state index < -0.39 is 0 Å². The van der Waals surface area contributed by atoms with E-state index in [-0.39, 0.29) is 5.78 Å². The van der Waals surface area contributed by atoms with Gasteiger partial charge in [-0.1, -0.05) is 37.6 Å². The van der Waals surface area contributed by atoms with E-state index in [1.54, 1.807) is 31.4 Å². The van der Waals surface area contributed by atoms with Crippen molar-refractivity contribution in [2.24, 2.45) is 0 Å². The number of benzene rings is 2. The summed E-state index contributed by atoms with van der Waals surface area (Å²) in [5, 5.41) is 0. The van der Waals surface area contributed by atoms with Crippen LogP contribution in [-0.4, -0.2) is 12.9 Å². The summed E-state index contributed by atoms with van der Waals surface area (Å²) < 4.78 is 5.09. The molecule has 0 N–H and O–H groups in total. The zero-order chi connectivity index (χ0) is 13.7. The third-order valence-corrected chi connectivity index (χ3v) is 3.11. The molecule has 0 radical (unpaired) electrons. The van der Waals surface area contributed by atoms with Gasteiger partial charge in [0.05, 0.1) is 7.11 Å². The predicted octanol–water partition coefficient (Wildman–Crippen LogP) is 3.88. The second kappa shape index (κ2) is 6.19. The number of ether oxygens (including phenoxy) is 1. The minimum atomic E-state index is 0.0469. The van der Waals surface area contributed by atoms with Gasteiger partial charge in [0.2, 0.25) is 0 Å². The lowest BCUT2D eigenvalue weighted by molar-refractivity contribution is 0.103. The zero-order valence-electron chi connectivity index (χ0n) is 11.3. The molecule has 2 nitrogen and oxygen atoms in total. The predicted molar refractivity (Wildman–Crippen MR) is 76.9 cm³/mol. The number of carbonyl (C=O) groups is 1. The summed E-state index contributed by atoms with van der Waals surface area (Å²) in [6.45, 7) is 2.15. The number of rotatable bonds is 5. The molecule has 0 saturated heterocycles. The van der Waals surface area contributed by atoms with Gasteiger partial charge in [0.25, 0.3) is 0 Å². The minimum absolute atomic E-state index is 0.0469. The number of carbonyl (C=O) groups excluding carboxylic acids is 1. The molecule has 2 aromatic rings. The summed E-state index contributed by atoms with van der Waals surface area (Å²) in [5.41, 5.74) is 2.68. The number of hydrogen-bond acceptors (Lipinski definition) is 2. The number of methoxy groups -OCH3 is 1. The average molecular weight is 254 g/mol. The maximum absolute atomic E-state index is 12.3. The fraction of sp³-hybridized carbons (Fsp3) is 0.235. The maximum Gasteiger partial charge on any atom is 0.193 e. The van der Waals surface area contributed by atoms with Crippen molar-refractivity contribution in [3.63, 3.8) is 0 Å². The van der Waals surface area contributed by atoms with Crippen LogP contribution < -0.4 is 4.74 Å². The van der Waals surface area contributed by atoms with Crippen LogP contribution in [0.5, 0.6) is 5.75 Å². The lowest BCUT2D eigenvalue weighted by Crippen LogP contribution is -2.01. The Balaban J connectivity index is 2.18. The first-order chi connectivity index (χ1) is 9.24. The Kier molecular flexibility index (Phi) is 4.35. The van der Waals surface area contributed by atoms with Gasteiger partial charge in [-0.05, 0) is 36.2 Å². The number of aryl methyl sites for hydroxylation is 1. The summed E-state index contributed by atoms with van der Waals surface area (Å²) in [4.78, 5) is 12.3.